The first kappa shape index (κ1) is 10.8. The predicted molar refractivity (Wildman–Crippen MR) is 61.8 cm³/mol. The molecule has 0 radical (unpaired) electrons. The molecular weight excluding hydrogens is 202 g/mol. The molecule has 2 rings (SSSR count). The van der Waals surface area contributed by atoms with Crippen molar-refractivity contribution in [2.24, 2.45) is 5.73 Å². The van der Waals surface area contributed by atoms with Crippen LogP contribution >= 0.6 is 0 Å². The molecule has 0 fully saturated rings. The lowest BCUT2D eigenvalue weighted by Gasteiger charge is -2.00. The molecule has 0 aliphatic heterocycles. The second-order valence-corrected chi connectivity index (χ2v) is 4.05. The van der Waals surface area contributed by atoms with Crippen LogP contribution in [0.15, 0.2) is 22.7 Å². The van der Waals surface area contributed by atoms with E-state index in [1.165, 1.54) is 11.1 Å². The van der Waals surface area contributed by atoms with E-state index < -0.39 is 0 Å². The van der Waals surface area contributed by atoms with E-state index >= 15 is 0 Å². The molecule has 16 heavy (non-hydrogen) atoms. The Morgan fingerprint density at radius 3 is 2.56 bits per heavy atom. The van der Waals surface area contributed by atoms with Gasteiger partial charge < -0.3 is 10.3 Å². The zero-order valence-corrected chi connectivity index (χ0v) is 9.69. The second kappa shape index (κ2) is 4.06. The van der Waals surface area contributed by atoms with Gasteiger partial charge in [-0.05, 0) is 44.0 Å². The number of hydrogen-bond acceptors (Lipinski definition) is 4. The smallest absolute Gasteiger partial charge is 0.257 e. The van der Waals surface area contributed by atoms with E-state index in [0.29, 0.717) is 11.7 Å². The monoisotopic (exact) mass is 217 g/mol. The lowest BCUT2D eigenvalue weighted by molar-refractivity contribution is 0.418. The molecule has 0 amide bonds. The van der Waals surface area contributed by atoms with Gasteiger partial charge in [-0.15, -0.1) is 0 Å². The van der Waals surface area contributed by atoms with Crippen LogP contribution in [0.2, 0.25) is 0 Å². The van der Waals surface area contributed by atoms with Crippen molar-refractivity contribution in [3.63, 3.8) is 0 Å². The molecule has 0 bridgehead atoms. The molecule has 2 N–H and O–H groups in total. The van der Waals surface area contributed by atoms with Crippen molar-refractivity contribution in [3.8, 4) is 11.5 Å². The van der Waals surface area contributed by atoms with Crippen LogP contribution in [0, 0.1) is 13.8 Å². The average molecular weight is 217 g/mol. The lowest BCUT2D eigenvalue weighted by atomic mass is 10.1. The highest BCUT2D eigenvalue weighted by molar-refractivity contribution is 5.55. The van der Waals surface area contributed by atoms with Crippen LogP contribution in [0.3, 0.4) is 0 Å². The minimum absolute atomic E-state index is 0.205. The molecule has 2 aromatic rings. The van der Waals surface area contributed by atoms with E-state index in [2.05, 4.69) is 24.0 Å². The Kier molecular flexibility index (Phi) is 2.75. The molecule has 84 valence electrons. The van der Waals surface area contributed by atoms with E-state index in [4.69, 9.17) is 10.3 Å². The fraction of sp³-hybridized carbons (Fsp3) is 0.333. The summed E-state index contributed by atoms with van der Waals surface area (Å²) in [6.07, 6.45) is 0. The fourth-order valence-electron chi connectivity index (χ4n) is 1.41. The van der Waals surface area contributed by atoms with Gasteiger partial charge in [-0.2, -0.15) is 4.98 Å². The third-order valence-corrected chi connectivity index (χ3v) is 2.60. The summed E-state index contributed by atoms with van der Waals surface area (Å²) in [5.74, 6) is 1.06. The highest BCUT2D eigenvalue weighted by atomic mass is 16.5. The zero-order valence-electron chi connectivity index (χ0n) is 9.69. The van der Waals surface area contributed by atoms with Crippen molar-refractivity contribution in [1.82, 2.24) is 10.1 Å². The van der Waals surface area contributed by atoms with Gasteiger partial charge in [0.15, 0.2) is 5.82 Å². The summed E-state index contributed by atoms with van der Waals surface area (Å²) in [7, 11) is 0. The van der Waals surface area contributed by atoms with E-state index in [-0.39, 0.29) is 6.04 Å². The van der Waals surface area contributed by atoms with Crippen LogP contribution in [0.25, 0.3) is 11.5 Å². The van der Waals surface area contributed by atoms with Gasteiger partial charge >= 0.3 is 0 Å². The van der Waals surface area contributed by atoms with Crippen LogP contribution < -0.4 is 5.73 Å². The summed E-state index contributed by atoms with van der Waals surface area (Å²) in [6.45, 7) is 5.96. The van der Waals surface area contributed by atoms with Gasteiger partial charge in [0.1, 0.15) is 0 Å². The van der Waals surface area contributed by atoms with Crippen LogP contribution in [0.4, 0.5) is 0 Å². The molecular formula is C12H15N3O. The molecule has 1 heterocycles. The number of aromatic nitrogens is 2. The van der Waals surface area contributed by atoms with E-state index in [9.17, 15) is 0 Å². The molecule has 0 aliphatic carbocycles. The number of hydrogen-bond donors (Lipinski definition) is 1. The first-order chi connectivity index (χ1) is 7.58. The SMILES string of the molecule is Cc1ccc(-c2nc(C(C)N)no2)cc1C. The number of rotatable bonds is 2. The van der Waals surface area contributed by atoms with Gasteiger partial charge in [0.05, 0.1) is 6.04 Å². The number of benzene rings is 1. The van der Waals surface area contributed by atoms with Crippen LogP contribution in [0.1, 0.15) is 29.9 Å². The molecule has 1 aromatic carbocycles. The highest BCUT2D eigenvalue weighted by Crippen LogP contribution is 2.21. The molecule has 1 unspecified atom stereocenters. The van der Waals surface area contributed by atoms with Crippen LogP contribution in [0.5, 0.6) is 0 Å². The minimum Gasteiger partial charge on any atom is -0.334 e. The predicted octanol–water partition coefficient (Wildman–Crippen LogP) is 2.37. The molecule has 0 saturated carbocycles. The molecule has 4 nitrogen and oxygen atoms in total. The fourth-order valence-corrected chi connectivity index (χ4v) is 1.41. The van der Waals surface area contributed by atoms with Crippen molar-refractivity contribution >= 4 is 0 Å². The first-order valence-electron chi connectivity index (χ1n) is 5.24. The minimum atomic E-state index is -0.205. The Hall–Kier alpha value is -1.68. The molecule has 0 spiro atoms. The van der Waals surface area contributed by atoms with Crippen molar-refractivity contribution in [2.45, 2.75) is 26.8 Å². The van der Waals surface area contributed by atoms with Crippen LogP contribution in [-0.2, 0) is 0 Å². The van der Waals surface area contributed by atoms with Gasteiger partial charge in [-0.3, -0.25) is 0 Å². The van der Waals surface area contributed by atoms with E-state index in [0.717, 1.165) is 5.56 Å². The standard InChI is InChI=1S/C12H15N3O/c1-7-4-5-10(6-8(7)2)12-14-11(9(3)13)15-16-12/h4-6,9H,13H2,1-3H3. The van der Waals surface area contributed by atoms with E-state index in [1.54, 1.807) is 0 Å². The topological polar surface area (TPSA) is 64.9 Å². The van der Waals surface area contributed by atoms with Crippen molar-refractivity contribution in [2.75, 3.05) is 0 Å². The Bertz CT molecular complexity index is 503. The van der Waals surface area contributed by atoms with Gasteiger partial charge in [-0.1, -0.05) is 11.2 Å². The third kappa shape index (κ3) is 1.97. The summed E-state index contributed by atoms with van der Waals surface area (Å²) in [6, 6.07) is 5.85. The number of nitrogens with zero attached hydrogens (tertiary/aromatic N) is 2. The summed E-state index contributed by atoms with van der Waals surface area (Å²) in [5, 5.41) is 3.83. The largest absolute Gasteiger partial charge is 0.334 e. The van der Waals surface area contributed by atoms with Crippen molar-refractivity contribution < 1.29 is 4.52 Å². The molecule has 0 saturated heterocycles. The summed E-state index contributed by atoms with van der Waals surface area (Å²) >= 11 is 0. The maximum absolute atomic E-state index is 5.67. The van der Waals surface area contributed by atoms with Crippen LogP contribution in [-0.4, -0.2) is 10.1 Å². The lowest BCUT2D eigenvalue weighted by Crippen LogP contribution is -2.06. The number of nitrogens with two attached hydrogens (primary N) is 1. The van der Waals surface area contributed by atoms with Crippen molar-refractivity contribution in [1.29, 1.82) is 0 Å². The Balaban J connectivity index is 2.39. The summed E-state index contributed by atoms with van der Waals surface area (Å²) < 4.78 is 5.17. The van der Waals surface area contributed by atoms with Gasteiger partial charge in [-0.25, -0.2) is 0 Å². The van der Waals surface area contributed by atoms with E-state index in [1.807, 2.05) is 25.1 Å². The first-order valence-corrected chi connectivity index (χ1v) is 5.24. The normalized spacial score (nSPS) is 12.8. The van der Waals surface area contributed by atoms with Gasteiger partial charge in [0, 0.05) is 5.56 Å². The van der Waals surface area contributed by atoms with Crippen molar-refractivity contribution in [3.05, 3.63) is 35.2 Å². The second-order valence-electron chi connectivity index (χ2n) is 4.05. The molecule has 1 atom stereocenters. The number of aryl methyl sites for hydroxylation is 2. The highest BCUT2D eigenvalue weighted by Gasteiger charge is 2.11. The third-order valence-electron chi connectivity index (χ3n) is 2.60. The summed E-state index contributed by atoms with van der Waals surface area (Å²) in [5.41, 5.74) is 9.06. The molecule has 1 aromatic heterocycles. The van der Waals surface area contributed by atoms with Gasteiger partial charge in [0.25, 0.3) is 5.89 Å². The Morgan fingerprint density at radius 2 is 2.00 bits per heavy atom. The zero-order chi connectivity index (χ0) is 11.7. The Morgan fingerprint density at radius 1 is 1.25 bits per heavy atom. The maximum Gasteiger partial charge on any atom is 0.257 e. The maximum atomic E-state index is 5.67. The summed E-state index contributed by atoms with van der Waals surface area (Å²) in [4.78, 5) is 4.25. The van der Waals surface area contributed by atoms with Gasteiger partial charge in [0.2, 0.25) is 0 Å². The average Bonchev–Trinajstić information content (AvgIpc) is 2.71. The molecule has 4 heteroatoms. The quantitative estimate of drug-likeness (QED) is 0.838. The molecule has 0 aliphatic rings. The Labute approximate surface area is 94.5 Å².